The molecule has 12 heteroatoms. The predicted octanol–water partition coefficient (Wildman–Crippen LogP) is 0.776. The van der Waals surface area contributed by atoms with Crippen molar-refractivity contribution >= 4 is 24.1 Å². The molecule has 2 aliphatic carbocycles. The van der Waals surface area contributed by atoms with Gasteiger partial charge >= 0.3 is 24.1 Å². The highest BCUT2D eigenvalue weighted by Crippen LogP contribution is 2.47. The van der Waals surface area contributed by atoms with Crippen LogP contribution in [0.4, 0.5) is 9.59 Å². The molecule has 2 N–H and O–H groups in total. The van der Waals surface area contributed by atoms with Gasteiger partial charge in [0.05, 0.1) is 11.1 Å². The minimum atomic E-state index is -1.11. The second-order valence-electron chi connectivity index (χ2n) is 12.0. The summed E-state index contributed by atoms with van der Waals surface area (Å²) < 4.78 is 21.9. The summed E-state index contributed by atoms with van der Waals surface area (Å²) in [4.78, 5) is 53.8. The highest BCUT2D eigenvalue weighted by atomic mass is 16.6. The van der Waals surface area contributed by atoms with Gasteiger partial charge in [-0.25, -0.2) is 19.2 Å². The lowest BCUT2D eigenvalue weighted by atomic mass is 10.1. The van der Waals surface area contributed by atoms with Gasteiger partial charge in [0.25, 0.3) is 0 Å². The average Bonchev–Trinajstić information content (AvgIpc) is 3.62. The van der Waals surface area contributed by atoms with Crippen molar-refractivity contribution in [1.29, 1.82) is 0 Å². The largest absolute Gasteiger partial charge is 0.451 e. The maximum absolute atomic E-state index is 12.7. The molecule has 2 spiro atoms. The van der Waals surface area contributed by atoms with E-state index in [1.807, 2.05) is 0 Å². The third kappa shape index (κ3) is 5.39. The van der Waals surface area contributed by atoms with Crippen LogP contribution in [0.1, 0.15) is 54.4 Å². The predicted molar refractivity (Wildman–Crippen MR) is 126 cm³/mol. The van der Waals surface area contributed by atoms with Gasteiger partial charge in [-0.1, -0.05) is 0 Å². The molecule has 2 amide bonds. The Kier molecular flexibility index (Phi) is 6.66. The van der Waals surface area contributed by atoms with Crippen LogP contribution >= 0.6 is 0 Å². The number of hydrogen-bond acceptors (Lipinski definition) is 10. The topological polar surface area (TPSA) is 136 Å². The maximum atomic E-state index is 12.7. The summed E-state index contributed by atoms with van der Waals surface area (Å²) in [7, 11) is 0. The van der Waals surface area contributed by atoms with Crippen molar-refractivity contribution in [2.45, 2.75) is 88.9 Å². The fraction of sp³-hybridized carbons (Fsp3) is 0.833. The lowest BCUT2D eigenvalue weighted by molar-refractivity contribution is -0.171. The van der Waals surface area contributed by atoms with E-state index in [4.69, 9.17) is 18.9 Å². The summed E-state index contributed by atoms with van der Waals surface area (Å²) in [6.45, 7) is 13.6. The summed E-state index contributed by atoms with van der Waals surface area (Å²) in [5.74, 6) is -2.22. The number of nitrogens with zero attached hydrogens (tertiary/aromatic N) is 2. The van der Waals surface area contributed by atoms with Crippen molar-refractivity contribution < 1.29 is 38.1 Å². The molecular weight excluding hydrogens is 472 g/mol. The molecule has 4 fully saturated rings. The SMILES string of the molecule is CC(C)(C)OC(=O)N1CCNCC12CC2OC(=O)C(=O)OC1CC12CNCCN2C(=O)OC(C)(C)C. The van der Waals surface area contributed by atoms with Gasteiger partial charge in [-0.3, -0.25) is 9.80 Å². The van der Waals surface area contributed by atoms with Crippen LogP contribution in [-0.4, -0.2) is 108 Å². The van der Waals surface area contributed by atoms with Crippen LogP contribution in [0.5, 0.6) is 0 Å². The summed E-state index contributed by atoms with van der Waals surface area (Å²) >= 11 is 0. The maximum Gasteiger partial charge on any atom is 0.417 e. The van der Waals surface area contributed by atoms with Crippen molar-refractivity contribution in [2.75, 3.05) is 39.3 Å². The quantitative estimate of drug-likeness (QED) is 0.312. The first-order valence-electron chi connectivity index (χ1n) is 12.5. The number of carbonyl (C=O) groups is 4. The zero-order valence-electron chi connectivity index (χ0n) is 22.0. The number of carbonyl (C=O) groups excluding carboxylic acids is 4. The number of piperazine rings is 2. The number of hydrogen-bond donors (Lipinski definition) is 2. The van der Waals surface area contributed by atoms with E-state index in [1.54, 1.807) is 51.3 Å². The first kappa shape index (κ1) is 26.5. The van der Waals surface area contributed by atoms with E-state index in [-0.39, 0.29) is 0 Å². The number of ether oxygens (including phenoxy) is 4. The molecule has 4 rings (SSSR count). The molecule has 0 aromatic rings. The lowest BCUT2D eigenvalue weighted by Gasteiger charge is -2.38. The second kappa shape index (κ2) is 9.05. The van der Waals surface area contributed by atoms with Crippen molar-refractivity contribution in [3.05, 3.63) is 0 Å². The number of rotatable bonds is 2. The van der Waals surface area contributed by atoms with E-state index in [1.165, 1.54) is 0 Å². The third-order valence-electron chi connectivity index (χ3n) is 6.81. The molecule has 4 unspecified atom stereocenters. The summed E-state index contributed by atoms with van der Waals surface area (Å²) in [5, 5.41) is 6.43. The minimum absolute atomic E-state index is 0.405. The molecule has 2 saturated heterocycles. The van der Waals surface area contributed by atoms with E-state index in [2.05, 4.69) is 10.6 Å². The molecule has 0 aromatic carbocycles. The van der Waals surface area contributed by atoms with Gasteiger partial charge in [0, 0.05) is 52.1 Å². The van der Waals surface area contributed by atoms with Gasteiger partial charge < -0.3 is 29.6 Å². The molecule has 2 saturated carbocycles. The Labute approximate surface area is 211 Å². The van der Waals surface area contributed by atoms with Crippen LogP contribution in [-0.2, 0) is 28.5 Å². The van der Waals surface area contributed by atoms with Gasteiger partial charge in [0.1, 0.15) is 23.4 Å². The van der Waals surface area contributed by atoms with E-state index < -0.39 is 58.6 Å². The van der Waals surface area contributed by atoms with E-state index in [9.17, 15) is 19.2 Å². The lowest BCUT2D eigenvalue weighted by Crippen LogP contribution is -2.58. The number of esters is 2. The highest BCUT2D eigenvalue weighted by Gasteiger charge is 2.66. The van der Waals surface area contributed by atoms with E-state index in [0.717, 1.165) is 0 Å². The van der Waals surface area contributed by atoms with Crippen LogP contribution in [0.3, 0.4) is 0 Å². The first-order chi connectivity index (χ1) is 16.7. The Hall–Kier alpha value is -2.60. The fourth-order valence-corrected chi connectivity index (χ4v) is 4.93. The molecule has 202 valence electrons. The Morgan fingerprint density at radius 3 is 1.39 bits per heavy atom. The molecule has 36 heavy (non-hydrogen) atoms. The van der Waals surface area contributed by atoms with Crippen LogP contribution in [0.15, 0.2) is 0 Å². The molecule has 2 aliphatic heterocycles. The summed E-state index contributed by atoms with van der Waals surface area (Å²) in [6, 6.07) is 0. The van der Waals surface area contributed by atoms with Gasteiger partial charge in [-0.15, -0.1) is 0 Å². The van der Waals surface area contributed by atoms with E-state index >= 15 is 0 Å². The normalized spacial score (nSPS) is 31.6. The molecule has 0 bridgehead atoms. The zero-order chi connectivity index (χ0) is 26.5. The molecule has 0 radical (unpaired) electrons. The standard InChI is InChI=1S/C24H38N4O8/c1-21(2,3)35-19(31)27-9-7-25-13-23(27)11-15(23)33-17(29)18(30)34-16-12-24(16)14-26-8-10-28(24)20(32)36-22(4,5)6/h15-16,25-26H,7-14H2,1-6H3. The van der Waals surface area contributed by atoms with Crippen molar-refractivity contribution in [3.8, 4) is 0 Å². The van der Waals surface area contributed by atoms with Crippen molar-refractivity contribution in [2.24, 2.45) is 0 Å². The molecule has 2 heterocycles. The van der Waals surface area contributed by atoms with Crippen molar-refractivity contribution in [3.63, 3.8) is 0 Å². The van der Waals surface area contributed by atoms with Crippen LogP contribution < -0.4 is 10.6 Å². The van der Waals surface area contributed by atoms with Gasteiger partial charge in [0.15, 0.2) is 0 Å². The number of nitrogens with one attached hydrogen (secondary N) is 2. The summed E-state index contributed by atoms with van der Waals surface area (Å²) in [6.07, 6.45) is -1.42. The Morgan fingerprint density at radius 2 is 1.06 bits per heavy atom. The third-order valence-corrected chi connectivity index (χ3v) is 6.81. The molecular formula is C24H38N4O8. The zero-order valence-corrected chi connectivity index (χ0v) is 22.0. The first-order valence-corrected chi connectivity index (χ1v) is 12.5. The Balaban J connectivity index is 1.33. The Morgan fingerprint density at radius 1 is 0.694 bits per heavy atom. The highest BCUT2D eigenvalue weighted by molar-refractivity contribution is 6.29. The van der Waals surface area contributed by atoms with Gasteiger partial charge in [-0.2, -0.15) is 0 Å². The van der Waals surface area contributed by atoms with Crippen LogP contribution in [0.25, 0.3) is 0 Å². The second-order valence-corrected chi connectivity index (χ2v) is 12.0. The monoisotopic (exact) mass is 510 g/mol. The smallest absolute Gasteiger partial charge is 0.417 e. The van der Waals surface area contributed by atoms with Gasteiger partial charge in [0.2, 0.25) is 0 Å². The van der Waals surface area contributed by atoms with Crippen LogP contribution in [0, 0.1) is 0 Å². The fourth-order valence-electron chi connectivity index (χ4n) is 4.93. The van der Waals surface area contributed by atoms with Gasteiger partial charge in [-0.05, 0) is 41.5 Å². The molecule has 0 aromatic heterocycles. The molecule has 4 atom stereocenters. The Bertz CT molecular complexity index is 854. The number of amides is 2. The minimum Gasteiger partial charge on any atom is -0.451 e. The average molecular weight is 511 g/mol. The van der Waals surface area contributed by atoms with Crippen molar-refractivity contribution in [1.82, 2.24) is 20.4 Å². The van der Waals surface area contributed by atoms with E-state index in [0.29, 0.717) is 52.1 Å². The van der Waals surface area contributed by atoms with Crippen LogP contribution in [0.2, 0.25) is 0 Å². The molecule has 4 aliphatic rings. The molecule has 12 nitrogen and oxygen atoms in total. The summed E-state index contributed by atoms with van der Waals surface area (Å²) in [5.41, 5.74) is -2.79.